The summed E-state index contributed by atoms with van der Waals surface area (Å²) in [6.45, 7) is 1.54. The quantitative estimate of drug-likeness (QED) is 0.805. The summed E-state index contributed by atoms with van der Waals surface area (Å²) >= 11 is 1.63. The number of aryl methyl sites for hydroxylation is 1. The van der Waals surface area contributed by atoms with E-state index >= 15 is 0 Å². The lowest BCUT2D eigenvalue weighted by atomic mass is 9.76. The van der Waals surface area contributed by atoms with Gasteiger partial charge in [-0.2, -0.15) is 0 Å². The van der Waals surface area contributed by atoms with E-state index in [1.807, 2.05) is 24.3 Å². The summed E-state index contributed by atoms with van der Waals surface area (Å²) in [5.41, 5.74) is 5.98. The maximum atomic E-state index is 12.7. The monoisotopic (exact) mass is 375 g/mol. The first-order valence-electron chi connectivity index (χ1n) is 8.95. The van der Waals surface area contributed by atoms with Crippen LogP contribution in [0.3, 0.4) is 0 Å². The zero-order valence-corrected chi connectivity index (χ0v) is 15.9. The number of likely N-dealkylation sites (tertiary alicyclic amines) is 1. The molecule has 3 rings (SSSR count). The summed E-state index contributed by atoms with van der Waals surface area (Å²) in [7, 11) is 1.61. The molecule has 0 saturated carbocycles. The number of methoxy groups -OCH3 is 1. The van der Waals surface area contributed by atoms with Crippen molar-refractivity contribution in [2.75, 3.05) is 26.8 Å². The second-order valence-electron chi connectivity index (χ2n) is 6.88. The molecule has 0 radical (unpaired) electrons. The van der Waals surface area contributed by atoms with Gasteiger partial charge in [0.15, 0.2) is 0 Å². The topological polar surface area (TPSA) is 85.5 Å². The number of rotatable bonds is 7. The van der Waals surface area contributed by atoms with Crippen LogP contribution >= 0.6 is 11.3 Å². The van der Waals surface area contributed by atoms with Crippen molar-refractivity contribution in [1.82, 2.24) is 9.88 Å². The van der Waals surface area contributed by atoms with Crippen molar-refractivity contribution in [1.29, 1.82) is 0 Å². The highest BCUT2D eigenvalue weighted by molar-refractivity contribution is 7.18. The van der Waals surface area contributed by atoms with Crippen LogP contribution < -0.4 is 5.73 Å². The van der Waals surface area contributed by atoms with Crippen LogP contribution in [-0.4, -0.2) is 48.5 Å². The number of aromatic nitrogens is 1. The van der Waals surface area contributed by atoms with Gasteiger partial charge < -0.3 is 15.4 Å². The maximum Gasteiger partial charge on any atom is 0.225 e. The number of hydrogen-bond donors (Lipinski definition) is 1. The SMILES string of the molecule is COCCC1(C(N)=O)CCCN(C(=O)CCc2nc3ccccc3s2)C1. The Balaban J connectivity index is 1.62. The van der Waals surface area contributed by atoms with Gasteiger partial charge in [0.1, 0.15) is 0 Å². The molecule has 7 heteroatoms. The number of fused-ring (bicyclic) bond motifs is 1. The van der Waals surface area contributed by atoms with Crippen LogP contribution in [0.5, 0.6) is 0 Å². The van der Waals surface area contributed by atoms with Gasteiger partial charge in [-0.05, 0) is 31.4 Å². The standard InChI is InChI=1S/C19H25N3O3S/c1-25-12-10-19(18(20)24)9-4-11-22(13-19)17(23)8-7-16-21-14-5-2-3-6-15(14)26-16/h2-3,5-6H,4,7-13H2,1H3,(H2,20,24). The average Bonchev–Trinajstić information content (AvgIpc) is 3.07. The van der Waals surface area contributed by atoms with Gasteiger partial charge in [-0.15, -0.1) is 11.3 Å². The Morgan fingerprint density at radius 1 is 1.38 bits per heavy atom. The number of hydrogen-bond acceptors (Lipinski definition) is 5. The lowest BCUT2D eigenvalue weighted by molar-refractivity contribution is -0.141. The van der Waals surface area contributed by atoms with Crippen LogP contribution in [0.4, 0.5) is 0 Å². The van der Waals surface area contributed by atoms with E-state index in [-0.39, 0.29) is 11.8 Å². The average molecular weight is 375 g/mol. The normalized spacial score (nSPS) is 20.4. The third-order valence-corrected chi connectivity index (χ3v) is 6.22. The minimum absolute atomic E-state index is 0.0620. The summed E-state index contributed by atoms with van der Waals surface area (Å²) in [5.74, 6) is -0.273. The predicted octanol–water partition coefficient (Wildman–Crippen LogP) is 2.36. The van der Waals surface area contributed by atoms with Crippen molar-refractivity contribution in [2.24, 2.45) is 11.1 Å². The largest absolute Gasteiger partial charge is 0.385 e. The van der Waals surface area contributed by atoms with Crippen LogP contribution in [0.25, 0.3) is 10.2 Å². The van der Waals surface area contributed by atoms with E-state index in [4.69, 9.17) is 10.5 Å². The van der Waals surface area contributed by atoms with Gasteiger partial charge >= 0.3 is 0 Å². The molecule has 2 amide bonds. The first-order valence-corrected chi connectivity index (χ1v) is 9.77. The number of amides is 2. The lowest BCUT2D eigenvalue weighted by Crippen LogP contribution is -2.52. The number of primary amides is 1. The smallest absolute Gasteiger partial charge is 0.225 e. The van der Waals surface area contributed by atoms with Gasteiger partial charge in [0.25, 0.3) is 0 Å². The molecule has 0 aliphatic carbocycles. The van der Waals surface area contributed by atoms with Gasteiger partial charge in [0.05, 0.1) is 20.6 Å². The molecule has 0 spiro atoms. The van der Waals surface area contributed by atoms with Crippen molar-refractivity contribution in [3.05, 3.63) is 29.3 Å². The van der Waals surface area contributed by atoms with Crippen LogP contribution in [0.15, 0.2) is 24.3 Å². The van der Waals surface area contributed by atoms with Gasteiger partial charge in [0, 0.05) is 39.6 Å². The molecule has 2 heterocycles. The molecule has 1 atom stereocenters. The van der Waals surface area contributed by atoms with Gasteiger partial charge in [0.2, 0.25) is 11.8 Å². The van der Waals surface area contributed by atoms with Crippen molar-refractivity contribution < 1.29 is 14.3 Å². The second-order valence-corrected chi connectivity index (χ2v) is 8.00. The predicted molar refractivity (Wildman–Crippen MR) is 102 cm³/mol. The summed E-state index contributed by atoms with van der Waals surface area (Å²) in [6, 6.07) is 7.99. The van der Waals surface area contributed by atoms with Crippen LogP contribution in [0, 0.1) is 5.41 Å². The fourth-order valence-electron chi connectivity index (χ4n) is 3.57. The van der Waals surface area contributed by atoms with Crippen LogP contribution in [0.2, 0.25) is 0 Å². The zero-order valence-electron chi connectivity index (χ0n) is 15.1. The number of carbonyl (C=O) groups is 2. The van der Waals surface area contributed by atoms with Crippen molar-refractivity contribution in [3.8, 4) is 0 Å². The molecule has 2 N–H and O–H groups in total. The van der Waals surface area contributed by atoms with Crippen LogP contribution in [-0.2, 0) is 20.7 Å². The number of nitrogens with zero attached hydrogens (tertiary/aromatic N) is 2. The minimum atomic E-state index is -0.667. The maximum absolute atomic E-state index is 12.7. The number of ether oxygens (including phenoxy) is 1. The zero-order chi connectivity index (χ0) is 18.6. The lowest BCUT2D eigenvalue weighted by Gasteiger charge is -2.40. The van der Waals surface area contributed by atoms with E-state index in [9.17, 15) is 9.59 Å². The van der Waals surface area contributed by atoms with E-state index in [0.717, 1.165) is 21.6 Å². The highest BCUT2D eigenvalue weighted by Crippen LogP contribution is 2.34. The molecule has 1 aliphatic heterocycles. The number of para-hydroxylation sites is 1. The number of thiazole rings is 1. The molecule has 1 saturated heterocycles. The number of nitrogens with two attached hydrogens (primary N) is 1. The molecular formula is C19H25N3O3S. The summed E-state index contributed by atoms with van der Waals surface area (Å²) in [4.78, 5) is 31.1. The molecule has 1 aromatic carbocycles. The molecular weight excluding hydrogens is 350 g/mol. The molecule has 6 nitrogen and oxygen atoms in total. The third-order valence-electron chi connectivity index (χ3n) is 5.13. The van der Waals surface area contributed by atoms with E-state index in [1.54, 1.807) is 23.3 Å². The summed E-state index contributed by atoms with van der Waals surface area (Å²) in [5, 5.41) is 0.970. The van der Waals surface area contributed by atoms with Gasteiger partial charge in [-0.25, -0.2) is 4.98 Å². The number of piperidine rings is 1. The second kappa shape index (κ2) is 8.14. The van der Waals surface area contributed by atoms with E-state index in [1.165, 1.54) is 0 Å². The molecule has 1 aliphatic rings. The first-order chi connectivity index (χ1) is 12.5. The summed E-state index contributed by atoms with van der Waals surface area (Å²) in [6.07, 6.45) is 3.09. The molecule has 26 heavy (non-hydrogen) atoms. The molecule has 140 valence electrons. The van der Waals surface area contributed by atoms with Crippen molar-refractivity contribution in [3.63, 3.8) is 0 Å². The van der Waals surface area contributed by atoms with E-state index in [0.29, 0.717) is 45.4 Å². The van der Waals surface area contributed by atoms with Crippen molar-refractivity contribution in [2.45, 2.75) is 32.1 Å². The fourth-order valence-corrected chi connectivity index (χ4v) is 4.54. The van der Waals surface area contributed by atoms with Crippen LogP contribution in [0.1, 0.15) is 30.7 Å². The Morgan fingerprint density at radius 3 is 2.92 bits per heavy atom. The number of carbonyl (C=O) groups excluding carboxylic acids is 2. The number of benzene rings is 1. The fraction of sp³-hybridized carbons (Fsp3) is 0.526. The minimum Gasteiger partial charge on any atom is -0.385 e. The molecule has 1 unspecified atom stereocenters. The summed E-state index contributed by atoms with van der Waals surface area (Å²) < 4.78 is 6.27. The van der Waals surface area contributed by atoms with Gasteiger partial charge in [-0.1, -0.05) is 12.1 Å². The molecule has 2 aromatic rings. The van der Waals surface area contributed by atoms with E-state index < -0.39 is 5.41 Å². The molecule has 1 fully saturated rings. The molecule has 1 aromatic heterocycles. The van der Waals surface area contributed by atoms with Gasteiger partial charge in [-0.3, -0.25) is 9.59 Å². The Labute approximate surface area is 157 Å². The van der Waals surface area contributed by atoms with Crippen molar-refractivity contribution >= 4 is 33.4 Å². The Hall–Kier alpha value is -1.99. The third kappa shape index (κ3) is 4.04. The Kier molecular flexibility index (Phi) is 5.88. The first kappa shape index (κ1) is 18.8. The van der Waals surface area contributed by atoms with E-state index in [2.05, 4.69) is 4.98 Å². The Morgan fingerprint density at radius 2 is 2.19 bits per heavy atom. The highest BCUT2D eigenvalue weighted by Gasteiger charge is 2.41. The Bertz CT molecular complexity index is 758. The molecule has 0 bridgehead atoms. The highest BCUT2D eigenvalue weighted by atomic mass is 32.1.